The normalized spacial score (nSPS) is 16.6. The number of likely N-dealkylation sites (tertiary alicyclic amines) is 1. The summed E-state index contributed by atoms with van der Waals surface area (Å²) in [5, 5.41) is 0. The predicted octanol–water partition coefficient (Wildman–Crippen LogP) is 3.22. The van der Waals surface area contributed by atoms with Crippen LogP contribution in [0, 0.1) is 0 Å². The lowest BCUT2D eigenvalue weighted by molar-refractivity contribution is 0.0598. The molecule has 1 saturated heterocycles. The number of esters is 1. The van der Waals surface area contributed by atoms with Gasteiger partial charge in [0.15, 0.2) is 0 Å². The molecule has 1 aliphatic heterocycles. The zero-order valence-electron chi connectivity index (χ0n) is 10.6. The van der Waals surface area contributed by atoms with Gasteiger partial charge in [0, 0.05) is 11.0 Å². The Bertz CT molecular complexity index is 428. The van der Waals surface area contributed by atoms with Crippen molar-refractivity contribution in [1.29, 1.82) is 0 Å². The van der Waals surface area contributed by atoms with Crippen LogP contribution in [-0.4, -0.2) is 31.1 Å². The second-order valence-electron chi connectivity index (χ2n) is 4.63. The molecule has 18 heavy (non-hydrogen) atoms. The van der Waals surface area contributed by atoms with Gasteiger partial charge in [0.25, 0.3) is 0 Å². The first-order valence-electron chi connectivity index (χ1n) is 6.30. The maximum atomic E-state index is 11.8. The van der Waals surface area contributed by atoms with Crippen molar-refractivity contribution < 1.29 is 9.53 Å². The topological polar surface area (TPSA) is 29.5 Å². The molecule has 0 spiro atoms. The van der Waals surface area contributed by atoms with E-state index in [0.29, 0.717) is 5.56 Å². The highest BCUT2D eigenvalue weighted by Gasteiger charge is 2.16. The van der Waals surface area contributed by atoms with Crippen molar-refractivity contribution in [1.82, 2.24) is 4.90 Å². The lowest BCUT2D eigenvalue weighted by Gasteiger charge is -2.27. The second-order valence-corrected chi connectivity index (χ2v) is 5.55. The number of carbonyl (C=O) groups excluding carboxylic acids is 1. The number of ether oxygens (including phenoxy) is 1. The van der Waals surface area contributed by atoms with Crippen molar-refractivity contribution in [3.63, 3.8) is 0 Å². The highest BCUT2D eigenvalue weighted by Crippen LogP contribution is 2.20. The second kappa shape index (κ2) is 6.34. The number of hydrogen-bond acceptors (Lipinski definition) is 3. The van der Waals surface area contributed by atoms with Crippen LogP contribution in [0.2, 0.25) is 0 Å². The third-order valence-corrected chi connectivity index (χ3v) is 3.81. The monoisotopic (exact) mass is 311 g/mol. The summed E-state index contributed by atoms with van der Waals surface area (Å²) < 4.78 is 5.75. The lowest BCUT2D eigenvalue weighted by Crippen LogP contribution is -2.29. The van der Waals surface area contributed by atoms with E-state index in [1.807, 2.05) is 18.2 Å². The Hall–Kier alpha value is -0.870. The van der Waals surface area contributed by atoms with Crippen molar-refractivity contribution in [2.45, 2.75) is 25.8 Å². The minimum atomic E-state index is -0.261. The van der Waals surface area contributed by atoms with E-state index >= 15 is 0 Å². The van der Waals surface area contributed by atoms with E-state index in [-0.39, 0.29) is 5.97 Å². The maximum Gasteiger partial charge on any atom is 0.338 e. The molecule has 2 rings (SSSR count). The molecule has 0 N–H and O–H groups in total. The molecule has 0 amide bonds. The molecule has 0 atom stereocenters. The standard InChI is InChI=1S/C14H18BrNO2/c1-18-14(17)13-9-12(15)6-5-11(13)10-16-7-3-2-4-8-16/h5-6,9H,2-4,7-8,10H2,1H3. The Balaban J connectivity index is 2.17. The molecule has 0 unspecified atom stereocenters. The van der Waals surface area contributed by atoms with E-state index in [1.54, 1.807) is 0 Å². The predicted molar refractivity (Wildman–Crippen MR) is 74.6 cm³/mol. The highest BCUT2D eigenvalue weighted by molar-refractivity contribution is 9.10. The van der Waals surface area contributed by atoms with Gasteiger partial charge in [-0.1, -0.05) is 28.4 Å². The van der Waals surface area contributed by atoms with E-state index in [4.69, 9.17) is 4.74 Å². The molecule has 0 radical (unpaired) electrons. The summed E-state index contributed by atoms with van der Waals surface area (Å²) in [5.41, 5.74) is 1.71. The fourth-order valence-corrected chi connectivity index (χ4v) is 2.71. The molecule has 1 aromatic rings. The minimum absolute atomic E-state index is 0.261. The van der Waals surface area contributed by atoms with E-state index in [0.717, 1.165) is 29.7 Å². The van der Waals surface area contributed by atoms with Gasteiger partial charge in [-0.05, 0) is 43.6 Å². The molecular formula is C14H18BrNO2. The summed E-state index contributed by atoms with van der Waals surface area (Å²) in [5.74, 6) is -0.261. The zero-order valence-corrected chi connectivity index (χ0v) is 12.2. The summed E-state index contributed by atoms with van der Waals surface area (Å²) in [6, 6.07) is 5.82. The Kier molecular flexibility index (Phi) is 4.78. The first-order valence-corrected chi connectivity index (χ1v) is 7.09. The number of benzene rings is 1. The van der Waals surface area contributed by atoms with Crippen LogP contribution in [0.1, 0.15) is 35.2 Å². The van der Waals surface area contributed by atoms with Crippen LogP contribution in [0.5, 0.6) is 0 Å². The summed E-state index contributed by atoms with van der Waals surface area (Å²) in [4.78, 5) is 14.2. The number of carbonyl (C=O) groups is 1. The fraction of sp³-hybridized carbons (Fsp3) is 0.500. The van der Waals surface area contributed by atoms with E-state index in [1.165, 1.54) is 26.4 Å². The Labute approximate surface area is 116 Å². The van der Waals surface area contributed by atoms with E-state index in [9.17, 15) is 4.79 Å². The molecular weight excluding hydrogens is 294 g/mol. The van der Waals surface area contributed by atoms with Crippen LogP contribution in [0.15, 0.2) is 22.7 Å². The Morgan fingerprint density at radius 1 is 1.33 bits per heavy atom. The van der Waals surface area contributed by atoms with Crippen LogP contribution in [-0.2, 0) is 11.3 Å². The van der Waals surface area contributed by atoms with Crippen molar-refractivity contribution in [2.24, 2.45) is 0 Å². The minimum Gasteiger partial charge on any atom is -0.465 e. The summed E-state index contributed by atoms with van der Waals surface area (Å²) in [6.45, 7) is 3.07. The molecule has 98 valence electrons. The van der Waals surface area contributed by atoms with Crippen molar-refractivity contribution in [3.8, 4) is 0 Å². The number of piperidine rings is 1. The number of nitrogens with zero attached hydrogens (tertiary/aromatic N) is 1. The van der Waals surface area contributed by atoms with Gasteiger partial charge < -0.3 is 4.74 Å². The first kappa shape index (κ1) is 13.6. The molecule has 0 bridgehead atoms. The molecule has 4 heteroatoms. The van der Waals surface area contributed by atoms with E-state index in [2.05, 4.69) is 20.8 Å². The van der Waals surface area contributed by atoms with Crippen molar-refractivity contribution in [3.05, 3.63) is 33.8 Å². The van der Waals surface area contributed by atoms with Gasteiger partial charge in [-0.3, -0.25) is 4.90 Å². The molecule has 0 aromatic heterocycles. The number of methoxy groups -OCH3 is 1. The smallest absolute Gasteiger partial charge is 0.338 e. The lowest BCUT2D eigenvalue weighted by atomic mass is 10.1. The maximum absolute atomic E-state index is 11.8. The molecule has 3 nitrogen and oxygen atoms in total. The van der Waals surface area contributed by atoms with Crippen LogP contribution < -0.4 is 0 Å². The molecule has 1 aromatic carbocycles. The molecule has 0 aliphatic carbocycles. The van der Waals surface area contributed by atoms with Gasteiger partial charge in [-0.2, -0.15) is 0 Å². The SMILES string of the molecule is COC(=O)c1cc(Br)ccc1CN1CCCCC1. The first-order chi connectivity index (χ1) is 8.70. The third-order valence-electron chi connectivity index (χ3n) is 3.32. The fourth-order valence-electron chi connectivity index (χ4n) is 2.34. The van der Waals surface area contributed by atoms with E-state index < -0.39 is 0 Å². The number of hydrogen-bond donors (Lipinski definition) is 0. The average molecular weight is 312 g/mol. The summed E-state index contributed by atoms with van der Waals surface area (Å²) in [7, 11) is 1.42. The van der Waals surface area contributed by atoms with Gasteiger partial charge in [0.05, 0.1) is 12.7 Å². The van der Waals surface area contributed by atoms with Crippen molar-refractivity contribution in [2.75, 3.05) is 20.2 Å². The van der Waals surface area contributed by atoms with Crippen LogP contribution in [0.4, 0.5) is 0 Å². The quantitative estimate of drug-likeness (QED) is 0.803. The van der Waals surface area contributed by atoms with Crippen LogP contribution in [0.3, 0.4) is 0 Å². The Morgan fingerprint density at radius 3 is 2.72 bits per heavy atom. The van der Waals surface area contributed by atoms with Gasteiger partial charge in [0.1, 0.15) is 0 Å². The Morgan fingerprint density at radius 2 is 2.06 bits per heavy atom. The average Bonchev–Trinajstić information content (AvgIpc) is 2.41. The van der Waals surface area contributed by atoms with Crippen LogP contribution >= 0.6 is 15.9 Å². The number of rotatable bonds is 3. The molecule has 1 heterocycles. The van der Waals surface area contributed by atoms with Gasteiger partial charge in [0.2, 0.25) is 0 Å². The van der Waals surface area contributed by atoms with Gasteiger partial charge in [-0.25, -0.2) is 4.79 Å². The largest absolute Gasteiger partial charge is 0.465 e. The van der Waals surface area contributed by atoms with Crippen LogP contribution in [0.25, 0.3) is 0 Å². The summed E-state index contributed by atoms with van der Waals surface area (Å²) in [6.07, 6.45) is 3.83. The molecule has 1 fully saturated rings. The summed E-state index contributed by atoms with van der Waals surface area (Å²) >= 11 is 3.40. The van der Waals surface area contributed by atoms with Gasteiger partial charge >= 0.3 is 5.97 Å². The van der Waals surface area contributed by atoms with Gasteiger partial charge in [-0.15, -0.1) is 0 Å². The molecule has 1 aliphatic rings. The molecule has 0 saturated carbocycles. The number of halogens is 1. The van der Waals surface area contributed by atoms with Crippen molar-refractivity contribution >= 4 is 21.9 Å². The zero-order chi connectivity index (χ0) is 13.0. The highest BCUT2D eigenvalue weighted by atomic mass is 79.9. The third kappa shape index (κ3) is 3.33.